The van der Waals surface area contributed by atoms with E-state index in [1.165, 1.54) is 19.2 Å². The number of aryl methyl sites for hydroxylation is 1. The van der Waals surface area contributed by atoms with E-state index in [0.717, 1.165) is 12.1 Å². The number of hydrogen-bond acceptors (Lipinski definition) is 4. The topological polar surface area (TPSA) is 75.1 Å². The highest BCUT2D eigenvalue weighted by molar-refractivity contribution is 5.72. The van der Waals surface area contributed by atoms with Gasteiger partial charge in [0, 0.05) is 11.3 Å². The van der Waals surface area contributed by atoms with Gasteiger partial charge >= 0.3 is 6.18 Å². The third-order valence-electron chi connectivity index (χ3n) is 4.40. The van der Waals surface area contributed by atoms with Crippen LogP contribution in [0.1, 0.15) is 22.4 Å². The number of hydrogen-bond donors (Lipinski definition) is 1. The summed E-state index contributed by atoms with van der Waals surface area (Å²) in [6, 6.07) is 13.3. The number of ether oxygens (including phenoxy) is 2. The number of pyridine rings is 1. The average molecular weight is 414 g/mol. The van der Waals surface area contributed by atoms with Crippen LogP contribution in [0, 0.1) is 18.3 Å². The van der Waals surface area contributed by atoms with Crippen LogP contribution in [-0.4, -0.2) is 12.1 Å². The Morgan fingerprint density at radius 1 is 1.10 bits per heavy atom. The molecule has 0 unspecified atom stereocenters. The number of nitrogens with zero attached hydrogens (tertiary/aromatic N) is 1. The van der Waals surface area contributed by atoms with Gasteiger partial charge in [0.1, 0.15) is 18.2 Å². The number of aromatic amines is 1. The van der Waals surface area contributed by atoms with Gasteiger partial charge in [0.05, 0.1) is 12.7 Å². The Morgan fingerprint density at radius 2 is 1.87 bits per heavy atom. The van der Waals surface area contributed by atoms with Gasteiger partial charge in [0.25, 0.3) is 5.56 Å². The van der Waals surface area contributed by atoms with Crippen LogP contribution >= 0.6 is 0 Å². The molecule has 8 heteroatoms. The van der Waals surface area contributed by atoms with Crippen molar-refractivity contribution in [2.75, 3.05) is 7.11 Å². The number of aromatic nitrogens is 1. The molecule has 0 atom stereocenters. The van der Waals surface area contributed by atoms with E-state index in [0.29, 0.717) is 28.1 Å². The van der Waals surface area contributed by atoms with Gasteiger partial charge in [-0.3, -0.25) is 4.79 Å². The van der Waals surface area contributed by atoms with Crippen molar-refractivity contribution in [3.05, 3.63) is 81.3 Å². The Morgan fingerprint density at radius 3 is 2.53 bits per heavy atom. The summed E-state index contributed by atoms with van der Waals surface area (Å²) in [5.74, 6) is 0.639. The monoisotopic (exact) mass is 414 g/mol. The molecule has 3 rings (SSSR count). The van der Waals surface area contributed by atoms with Gasteiger partial charge in [-0.05, 0) is 48.4 Å². The first-order chi connectivity index (χ1) is 14.2. The fraction of sp³-hybridized carbons (Fsp3) is 0.182. The first kappa shape index (κ1) is 21.0. The van der Waals surface area contributed by atoms with Crippen molar-refractivity contribution < 1.29 is 22.6 Å². The summed E-state index contributed by atoms with van der Waals surface area (Å²) in [4.78, 5) is 14.6. The predicted molar refractivity (Wildman–Crippen MR) is 104 cm³/mol. The minimum atomic E-state index is -4.44. The Bertz CT molecular complexity index is 1180. The number of nitriles is 1. The van der Waals surface area contributed by atoms with Crippen molar-refractivity contribution in [1.29, 1.82) is 5.26 Å². The van der Waals surface area contributed by atoms with E-state index in [1.807, 2.05) is 6.07 Å². The van der Waals surface area contributed by atoms with Crippen LogP contribution in [0.2, 0.25) is 0 Å². The third-order valence-corrected chi connectivity index (χ3v) is 4.40. The predicted octanol–water partition coefficient (Wildman–Crippen LogP) is 4.83. The zero-order valence-corrected chi connectivity index (χ0v) is 16.1. The molecule has 0 aliphatic carbocycles. The smallest absolute Gasteiger partial charge is 0.416 e. The lowest BCUT2D eigenvalue weighted by molar-refractivity contribution is -0.137. The molecule has 3 aromatic rings. The Balaban J connectivity index is 1.96. The van der Waals surface area contributed by atoms with Gasteiger partial charge in [0.2, 0.25) is 0 Å². The molecule has 0 fully saturated rings. The van der Waals surface area contributed by atoms with Crippen molar-refractivity contribution in [2.24, 2.45) is 0 Å². The summed E-state index contributed by atoms with van der Waals surface area (Å²) < 4.78 is 49.7. The normalized spacial score (nSPS) is 11.1. The summed E-state index contributed by atoms with van der Waals surface area (Å²) in [7, 11) is 1.43. The van der Waals surface area contributed by atoms with Gasteiger partial charge in [-0.1, -0.05) is 18.2 Å². The summed E-state index contributed by atoms with van der Waals surface area (Å²) in [5.41, 5.74) is 0.565. The number of alkyl halides is 3. The molecule has 1 N–H and O–H groups in total. The molecule has 1 aromatic heterocycles. The van der Waals surface area contributed by atoms with E-state index in [2.05, 4.69) is 4.98 Å². The Kier molecular flexibility index (Phi) is 5.83. The summed E-state index contributed by atoms with van der Waals surface area (Å²) in [5, 5.41) is 9.35. The molecule has 1 heterocycles. The minimum absolute atomic E-state index is 0.0467. The van der Waals surface area contributed by atoms with Crippen LogP contribution in [0.25, 0.3) is 11.1 Å². The molecule has 0 spiro atoms. The van der Waals surface area contributed by atoms with Crippen LogP contribution < -0.4 is 15.0 Å². The first-order valence-electron chi connectivity index (χ1n) is 8.84. The highest BCUT2D eigenvalue weighted by Gasteiger charge is 2.30. The molecular formula is C22H17F3N2O3. The number of methoxy groups -OCH3 is 1. The largest absolute Gasteiger partial charge is 0.493 e. The number of benzene rings is 2. The summed E-state index contributed by atoms with van der Waals surface area (Å²) in [6.07, 6.45) is -4.44. The fourth-order valence-corrected chi connectivity index (χ4v) is 2.98. The van der Waals surface area contributed by atoms with Gasteiger partial charge in [0.15, 0.2) is 11.5 Å². The molecule has 0 bridgehead atoms. The maximum atomic E-state index is 12.9. The van der Waals surface area contributed by atoms with Crippen LogP contribution in [0.4, 0.5) is 13.2 Å². The highest BCUT2D eigenvalue weighted by atomic mass is 19.4. The third kappa shape index (κ3) is 4.46. The lowest BCUT2D eigenvalue weighted by Crippen LogP contribution is -2.12. The zero-order chi connectivity index (χ0) is 21.9. The van der Waals surface area contributed by atoms with Crippen LogP contribution in [0.3, 0.4) is 0 Å². The molecular weight excluding hydrogens is 397 g/mol. The summed E-state index contributed by atoms with van der Waals surface area (Å²) >= 11 is 0. The molecule has 0 aliphatic rings. The van der Waals surface area contributed by atoms with E-state index in [9.17, 15) is 23.2 Å². The van der Waals surface area contributed by atoms with Gasteiger partial charge in [-0.25, -0.2) is 0 Å². The van der Waals surface area contributed by atoms with Crippen molar-refractivity contribution in [3.63, 3.8) is 0 Å². The second-order valence-electron chi connectivity index (χ2n) is 6.53. The molecule has 0 saturated heterocycles. The lowest BCUT2D eigenvalue weighted by Gasteiger charge is -2.14. The van der Waals surface area contributed by atoms with Gasteiger partial charge in [-0.15, -0.1) is 0 Å². The van der Waals surface area contributed by atoms with E-state index in [4.69, 9.17) is 9.47 Å². The van der Waals surface area contributed by atoms with Crippen molar-refractivity contribution in [1.82, 2.24) is 4.98 Å². The molecule has 0 aliphatic heterocycles. The standard InChI is InChI=1S/C22H17F3N2O3/c1-13-8-17(18(11-26)21(28)27-13)15-6-7-19(29-2)20(10-15)30-12-14-4-3-5-16(9-14)22(23,24)25/h3-10H,12H2,1-2H3,(H,27,28). The van der Waals surface area contributed by atoms with Gasteiger partial charge < -0.3 is 14.5 Å². The average Bonchev–Trinajstić information content (AvgIpc) is 2.71. The molecule has 30 heavy (non-hydrogen) atoms. The lowest BCUT2D eigenvalue weighted by atomic mass is 10.0. The fourth-order valence-electron chi connectivity index (χ4n) is 2.98. The SMILES string of the molecule is COc1ccc(-c2cc(C)[nH]c(=O)c2C#N)cc1OCc1cccc(C(F)(F)F)c1. The number of halogens is 3. The molecule has 0 radical (unpaired) electrons. The molecule has 2 aromatic carbocycles. The highest BCUT2D eigenvalue weighted by Crippen LogP contribution is 2.34. The summed E-state index contributed by atoms with van der Waals surface area (Å²) in [6.45, 7) is 1.57. The number of H-pyrrole nitrogens is 1. The first-order valence-corrected chi connectivity index (χ1v) is 8.84. The molecule has 154 valence electrons. The maximum absolute atomic E-state index is 12.9. The van der Waals surface area contributed by atoms with Crippen molar-refractivity contribution in [3.8, 4) is 28.7 Å². The second-order valence-corrected chi connectivity index (χ2v) is 6.53. The molecule has 0 amide bonds. The van der Waals surface area contributed by atoms with E-state index < -0.39 is 17.3 Å². The number of rotatable bonds is 5. The second kappa shape index (κ2) is 8.33. The minimum Gasteiger partial charge on any atom is -0.493 e. The Labute approximate surface area is 170 Å². The maximum Gasteiger partial charge on any atom is 0.416 e. The van der Waals surface area contributed by atoms with Gasteiger partial charge in [-0.2, -0.15) is 18.4 Å². The molecule has 0 saturated carbocycles. The van der Waals surface area contributed by atoms with Crippen LogP contribution in [0.5, 0.6) is 11.5 Å². The van der Waals surface area contributed by atoms with E-state index >= 15 is 0 Å². The van der Waals surface area contributed by atoms with Crippen molar-refractivity contribution >= 4 is 0 Å². The van der Waals surface area contributed by atoms with Crippen LogP contribution in [0.15, 0.2) is 53.3 Å². The number of nitrogens with one attached hydrogen (secondary N) is 1. The molecule has 5 nitrogen and oxygen atoms in total. The van der Waals surface area contributed by atoms with Crippen molar-refractivity contribution in [2.45, 2.75) is 19.7 Å². The van der Waals surface area contributed by atoms with Crippen LogP contribution in [-0.2, 0) is 12.8 Å². The zero-order valence-electron chi connectivity index (χ0n) is 16.1. The van der Waals surface area contributed by atoms with E-state index in [1.54, 1.807) is 31.2 Å². The Hall–Kier alpha value is -3.73. The quantitative estimate of drug-likeness (QED) is 0.649. The van der Waals surface area contributed by atoms with E-state index in [-0.39, 0.29) is 17.9 Å².